The van der Waals surface area contributed by atoms with Gasteiger partial charge < -0.3 is 9.88 Å². The highest BCUT2D eigenvalue weighted by Crippen LogP contribution is 2.17. The maximum Gasteiger partial charge on any atom is 0.0945 e. The van der Waals surface area contributed by atoms with Crippen LogP contribution in [0, 0.1) is 0 Å². The van der Waals surface area contributed by atoms with E-state index in [4.69, 9.17) is 0 Å². The Labute approximate surface area is 100 Å². The van der Waals surface area contributed by atoms with Crippen molar-refractivity contribution >= 4 is 11.3 Å². The molecule has 2 rings (SSSR count). The van der Waals surface area contributed by atoms with Crippen LogP contribution in [-0.4, -0.2) is 16.1 Å². The Hall–Kier alpha value is -1.13. The van der Waals surface area contributed by atoms with Crippen LogP contribution in [0.15, 0.2) is 36.2 Å². The lowest BCUT2D eigenvalue weighted by Crippen LogP contribution is -2.20. The molecule has 2 aromatic heterocycles. The van der Waals surface area contributed by atoms with Gasteiger partial charge in [-0.3, -0.25) is 0 Å². The predicted molar refractivity (Wildman–Crippen MR) is 67.6 cm³/mol. The molecule has 1 unspecified atom stereocenters. The summed E-state index contributed by atoms with van der Waals surface area (Å²) in [6.07, 6.45) is 6.82. The van der Waals surface area contributed by atoms with Gasteiger partial charge in [0.05, 0.1) is 6.33 Å². The second kappa shape index (κ2) is 5.82. The third-order valence-corrected chi connectivity index (χ3v) is 3.63. The number of thiophene rings is 1. The number of aromatic nitrogens is 2. The van der Waals surface area contributed by atoms with Crippen LogP contribution < -0.4 is 5.32 Å². The van der Waals surface area contributed by atoms with Crippen molar-refractivity contribution in [1.82, 2.24) is 14.9 Å². The fourth-order valence-electron chi connectivity index (χ4n) is 1.64. The van der Waals surface area contributed by atoms with Crippen molar-refractivity contribution < 1.29 is 0 Å². The van der Waals surface area contributed by atoms with Gasteiger partial charge in [0, 0.05) is 29.9 Å². The zero-order valence-corrected chi connectivity index (χ0v) is 10.3. The maximum absolute atomic E-state index is 4.02. The summed E-state index contributed by atoms with van der Waals surface area (Å²) in [5.74, 6) is 0. The van der Waals surface area contributed by atoms with Crippen LogP contribution in [-0.2, 0) is 6.54 Å². The molecule has 0 spiro atoms. The van der Waals surface area contributed by atoms with E-state index in [0.29, 0.717) is 6.04 Å². The van der Waals surface area contributed by atoms with Crippen molar-refractivity contribution in [2.24, 2.45) is 0 Å². The van der Waals surface area contributed by atoms with E-state index >= 15 is 0 Å². The average molecular weight is 235 g/mol. The first-order valence-corrected chi connectivity index (χ1v) is 6.47. The number of imidazole rings is 1. The van der Waals surface area contributed by atoms with Crippen molar-refractivity contribution in [3.8, 4) is 0 Å². The molecule has 3 nitrogen and oxygen atoms in total. The fourth-order valence-corrected chi connectivity index (χ4v) is 2.40. The molecule has 2 aromatic rings. The van der Waals surface area contributed by atoms with E-state index in [1.807, 2.05) is 30.1 Å². The van der Waals surface area contributed by atoms with Crippen LogP contribution in [0.3, 0.4) is 0 Å². The number of hydrogen-bond acceptors (Lipinski definition) is 3. The molecule has 0 aromatic carbocycles. The summed E-state index contributed by atoms with van der Waals surface area (Å²) in [6, 6.07) is 4.74. The van der Waals surface area contributed by atoms with Gasteiger partial charge in [-0.25, -0.2) is 4.98 Å². The Balaban J connectivity index is 1.65. The highest BCUT2D eigenvalue weighted by Gasteiger charge is 2.04. The SMILES string of the molecule is CC(NCCCn1ccnc1)c1cccs1. The number of rotatable bonds is 6. The van der Waals surface area contributed by atoms with Crippen molar-refractivity contribution in [2.45, 2.75) is 25.9 Å². The van der Waals surface area contributed by atoms with Gasteiger partial charge in [-0.15, -0.1) is 11.3 Å². The molecule has 0 radical (unpaired) electrons. The van der Waals surface area contributed by atoms with E-state index in [1.165, 1.54) is 4.88 Å². The molecular formula is C12H17N3S. The molecule has 4 heteroatoms. The summed E-state index contributed by atoms with van der Waals surface area (Å²) >= 11 is 1.81. The van der Waals surface area contributed by atoms with Crippen LogP contribution in [0.5, 0.6) is 0 Å². The molecule has 0 aliphatic carbocycles. The molecule has 1 atom stereocenters. The molecule has 0 aliphatic heterocycles. The lowest BCUT2D eigenvalue weighted by atomic mass is 10.2. The van der Waals surface area contributed by atoms with Gasteiger partial charge in [0.15, 0.2) is 0 Å². The van der Waals surface area contributed by atoms with E-state index < -0.39 is 0 Å². The molecule has 0 fully saturated rings. The topological polar surface area (TPSA) is 29.9 Å². The van der Waals surface area contributed by atoms with E-state index in [9.17, 15) is 0 Å². The summed E-state index contributed by atoms with van der Waals surface area (Å²) in [4.78, 5) is 5.43. The summed E-state index contributed by atoms with van der Waals surface area (Å²) in [7, 11) is 0. The van der Waals surface area contributed by atoms with Gasteiger partial charge in [-0.1, -0.05) is 6.07 Å². The van der Waals surface area contributed by atoms with Gasteiger partial charge in [0.2, 0.25) is 0 Å². The molecule has 0 saturated heterocycles. The minimum absolute atomic E-state index is 0.461. The number of nitrogens with zero attached hydrogens (tertiary/aromatic N) is 2. The van der Waals surface area contributed by atoms with Crippen molar-refractivity contribution in [1.29, 1.82) is 0 Å². The molecule has 0 saturated carbocycles. The van der Waals surface area contributed by atoms with Crippen LogP contribution >= 0.6 is 11.3 Å². The quantitative estimate of drug-likeness (QED) is 0.780. The van der Waals surface area contributed by atoms with Gasteiger partial charge in [0.1, 0.15) is 0 Å². The van der Waals surface area contributed by atoms with E-state index in [0.717, 1.165) is 19.5 Å². The maximum atomic E-state index is 4.02. The summed E-state index contributed by atoms with van der Waals surface area (Å²) < 4.78 is 2.11. The minimum atomic E-state index is 0.461. The largest absolute Gasteiger partial charge is 0.337 e. The first kappa shape index (κ1) is 11.4. The van der Waals surface area contributed by atoms with Crippen LogP contribution in [0.4, 0.5) is 0 Å². The van der Waals surface area contributed by atoms with Crippen molar-refractivity contribution in [2.75, 3.05) is 6.54 Å². The Morgan fingerprint density at radius 2 is 2.50 bits per heavy atom. The van der Waals surface area contributed by atoms with Crippen LogP contribution in [0.25, 0.3) is 0 Å². The first-order valence-electron chi connectivity index (χ1n) is 5.59. The molecule has 0 aliphatic rings. The van der Waals surface area contributed by atoms with E-state index in [-0.39, 0.29) is 0 Å². The molecule has 1 N–H and O–H groups in total. The lowest BCUT2D eigenvalue weighted by Gasteiger charge is -2.11. The number of aryl methyl sites for hydroxylation is 1. The van der Waals surface area contributed by atoms with Gasteiger partial charge >= 0.3 is 0 Å². The molecule has 16 heavy (non-hydrogen) atoms. The van der Waals surface area contributed by atoms with Crippen molar-refractivity contribution in [3.63, 3.8) is 0 Å². The smallest absolute Gasteiger partial charge is 0.0945 e. The zero-order chi connectivity index (χ0) is 11.2. The van der Waals surface area contributed by atoms with Gasteiger partial charge in [-0.05, 0) is 31.3 Å². The molecular weight excluding hydrogens is 218 g/mol. The standard InChI is InChI=1S/C12H17N3S/c1-11(12-4-2-9-16-12)14-5-3-7-15-8-6-13-10-15/h2,4,6,8-11,14H,3,5,7H2,1H3. The summed E-state index contributed by atoms with van der Waals surface area (Å²) in [5, 5.41) is 5.65. The highest BCUT2D eigenvalue weighted by atomic mass is 32.1. The van der Waals surface area contributed by atoms with Crippen LogP contribution in [0.2, 0.25) is 0 Å². The Bertz CT molecular complexity index is 380. The lowest BCUT2D eigenvalue weighted by molar-refractivity contribution is 0.531. The highest BCUT2D eigenvalue weighted by molar-refractivity contribution is 7.10. The predicted octanol–water partition coefficient (Wildman–Crippen LogP) is 2.69. The molecule has 0 bridgehead atoms. The number of nitrogens with one attached hydrogen (secondary N) is 1. The molecule has 2 heterocycles. The Morgan fingerprint density at radius 1 is 1.56 bits per heavy atom. The Morgan fingerprint density at radius 3 is 3.19 bits per heavy atom. The average Bonchev–Trinajstić information content (AvgIpc) is 2.96. The third kappa shape index (κ3) is 3.18. The third-order valence-electron chi connectivity index (χ3n) is 2.57. The second-order valence-electron chi connectivity index (χ2n) is 3.85. The monoisotopic (exact) mass is 235 g/mol. The summed E-state index contributed by atoms with van der Waals surface area (Å²) in [6.45, 7) is 4.28. The fraction of sp³-hybridized carbons (Fsp3) is 0.417. The van der Waals surface area contributed by atoms with E-state index in [2.05, 4.69) is 39.3 Å². The second-order valence-corrected chi connectivity index (χ2v) is 4.82. The zero-order valence-electron chi connectivity index (χ0n) is 9.47. The molecule has 86 valence electrons. The van der Waals surface area contributed by atoms with Gasteiger partial charge in [0.25, 0.3) is 0 Å². The minimum Gasteiger partial charge on any atom is -0.337 e. The first-order chi connectivity index (χ1) is 7.86. The van der Waals surface area contributed by atoms with E-state index in [1.54, 1.807) is 0 Å². The van der Waals surface area contributed by atoms with Crippen LogP contribution in [0.1, 0.15) is 24.3 Å². The normalized spacial score (nSPS) is 12.8. The van der Waals surface area contributed by atoms with Crippen molar-refractivity contribution in [3.05, 3.63) is 41.1 Å². The summed E-state index contributed by atoms with van der Waals surface area (Å²) in [5.41, 5.74) is 0. The molecule has 0 amide bonds. The Kier molecular flexibility index (Phi) is 4.13. The number of hydrogen-bond donors (Lipinski definition) is 1. The van der Waals surface area contributed by atoms with Gasteiger partial charge in [-0.2, -0.15) is 0 Å².